The molecule has 3 heterocycles. The van der Waals surface area contributed by atoms with E-state index in [-0.39, 0.29) is 5.91 Å². The number of rotatable bonds is 5. The third-order valence-electron chi connectivity index (χ3n) is 5.84. The standard InChI is InChI=1S/C22H28N4O/c27-22(21-16-23-9-10-24-21)26-13-7-19(8-14-26)15-18-3-5-20(6-4-18)17-25-11-1-2-12-25/h3-6,9-10,16,19H,1-2,7-8,11-15,17H2. The molecule has 2 aliphatic heterocycles. The molecule has 0 spiro atoms. The predicted octanol–water partition coefficient (Wildman–Crippen LogP) is 3.17. The zero-order chi connectivity index (χ0) is 18.5. The number of nitrogens with zero attached hydrogens (tertiary/aromatic N) is 4. The maximum atomic E-state index is 12.5. The van der Waals surface area contributed by atoms with Gasteiger partial charge < -0.3 is 4.90 Å². The molecular weight excluding hydrogens is 336 g/mol. The lowest BCUT2D eigenvalue weighted by Crippen LogP contribution is -2.39. The lowest BCUT2D eigenvalue weighted by Gasteiger charge is -2.31. The highest BCUT2D eigenvalue weighted by Crippen LogP contribution is 2.23. The molecule has 1 aromatic carbocycles. The number of carbonyl (C=O) groups excluding carboxylic acids is 1. The number of hydrogen-bond acceptors (Lipinski definition) is 4. The summed E-state index contributed by atoms with van der Waals surface area (Å²) in [5.41, 5.74) is 3.29. The number of likely N-dealkylation sites (tertiary alicyclic amines) is 2. The van der Waals surface area contributed by atoms with E-state index >= 15 is 0 Å². The topological polar surface area (TPSA) is 49.3 Å². The summed E-state index contributed by atoms with van der Waals surface area (Å²) in [7, 11) is 0. The summed E-state index contributed by atoms with van der Waals surface area (Å²) in [5, 5.41) is 0. The maximum Gasteiger partial charge on any atom is 0.274 e. The van der Waals surface area contributed by atoms with Crippen LogP contribution in [0.15, 0.2) is 42.9 Å². The van der Waals surface area contributed by atoms with Gasteiger partial charge in [0.15, 0.2) is 0 Å². The van der Waals surface area contributed by atoms with Crippen molar-refractivity contribution in [1.29, 1.82) is 0 Å². The van der Waals surface area contributed by atoms with Crippen LogP contribution in [0.3, 0.4) is 0 Å². The highest BCUT2D eigenvalue weighted by molar-refractivity contribution is 5.92. The second-order valence-corrected chi connectivity index (χ2v) is 7.83. The summed E-state index contributed by atoms with van der Waals surface area (Å²) >= 11 is 0. The van der Waals surface area contributed by atoms with Crippen molar-refractivity contribution in [2.75, 3.05) is 26.2 Å². The van der Waals surface area contributed by atoms with Crippen LogP contribution in [0, 0.1) is 5.92 Å². The van der Waals surface area contributed by atoms with Crippen LogP contribution >= 0.6 is 0 Å². The molecule has 0 N–H and O–H groups in total. The van der Waals surface area contributed by atoms with Crippen LogP contribution in [-0.2, 0) is 13.0 Å². The Hall–Kier alpha value is -2.27. The molecule has 5 heteroatoms. The van der Waals surface area contributed by atoms with Crippen LogP contribution in [0.5, 0.6) is 0 Å². The molecule has 0 atom stereocenters. The number of benzene rings is 1. The van der Waals surface area contributed by atoms with Crippen LogP contribution in [0.25, 0.3) is 0 Å². The summed E-state index contributed by atoms with van der Waals surface area (Å²) in [6, 6.07) is 9.17. The largest absolute Gasteiger partial charge is 0.337 e. The second-order valence-electron chi connectivity index (χ2n) is 7.83. The van der Waals surface area contributed by atoms with E-state index in [9.17, 15) is 4.79 Å². The molecule has 1 aromatic heterocycles. The molecule has 142 valence electrons. The number of amides is 1. The van der Waals surface area contributed by atoms with E-state index in [1.807, 2.05) is 4.90 Å². The predicted molar refractivity (Wildman–Crippen MR) is 105 cm³/mol. The van der Waals surface area contributed by atoms with E-state index in [0.29, 0.717) is 11.6 Å². The number of aromatic nitrogens is 2. The van der Waals surface area contributed by atoms with Crippen LogP contribution in [0.4, 0.5) is 0 Å². The molecule has 2 aliphatic rings. The Morgan fingerprint density at radius 2 is 1.67 bits per heavy atom. The van der Waals surface area contributed by atoms with Crippen molar-refractivity contribution >= 4 is 5.91 Å². The zero-order valence-electron chi connectivity index (χ0n) is 15.9. The van der Waals surface area contributed by atoms with Gasteiger partial charge in [-0.2, -0.15) is 0 Å². The van der Waals surface area contributed by atoms with E-state index in [1.165, 1.54) is 37.1 Å². The Morgan fingerprint density at radius 3 is 2.33 bits per heavy atom. The van der Waals surface area contributed by atoms with Gasteiger partial charge >= 0.3 is 0 Å². The fraction of sp³-hybridized carbons (Fsp3) is 0.500. The fourth-order valence-electron chi connectivity index (χ4n) is 4.22. The van der Waals surface area contributed by atoms with Crippen molar-refractivity contribution in [3.63, 3.8) is 0 Å². The molecule has 0 bridgehead atoms. The molecule has 0 radical (unpaired) electrons. The van der Waals surface area contributed by atoms with Crippen LogP contribution in [0.2, 0.25) is 0 Å². The highest BCUT2D eigenvalue weighted by atomic mass is 16.2. The number of piperidine rings is 1. The van der Waals surface area contributed by atoms with Gasteiger partial charge in [0.1, 0.15) is 5.69 Å². The van der Waals surface area contributed by atoms with Crippen molar-refractivity contribution < 1.29 is 4.79 Å². The van der Waals surface area contributed by atoms with E-state index in [1.54, 1.807) is 18.6 Å². The van der Waals surface area contributed by atoms with Gasteiger partial charge in [-0.1, -0.05) is 24.3 Å². The van der Waals surface area contributed by atoms with Gasteiger partial charge in [0.05, 0.1) is 6.20 Å². The zero-order valence-corrected chi connectivity index (χ0v) is 15.9. The van der Waals surface area contributed by atoms with Crippen LogP contribution in [0.1, 0.15) is 47.3 Å². The third-order valence-corrected chi connectivity index (χ3v) is 5.84. The molecule has 2 fully saturated rings. The Balaban J connectivity index is 1.26. The maximum absolute atomic E-state index is 12.5. The monoisotopic (exact) mass is 364 g/mol. The van der Waals surface area contributed by atoms with Crippen LogP contribution in [-0.4, -0.2) is 51.9 Å². The summed E-state index contributed by atoms with van der Waals surface area (Å²) in [6.07, 6.45) is 10.6. The highest BCUT2D eigenvalue weighted by Gasteiger charge is 2.24. The molecule has 0 aliphatic carbocycles. The molecule has 5 nitrogen and oxygen atoms in total. The summed E-state index contributed by atoms with van der Waals surface area (Å²) < 4.78 is 0. The molecular formula is C22H28N4O. The summed E-state index contributed by atoms with van der Waals surface area (Å²) in [5.74, 6) is 0.660. The minimum Gasteiger partial charge on any atom is -0.337 e. The minimum absolute atomic E-state index is 0.00724. The van der Waals surface area contributed by atoms with E-state index < -0.39 is 0 Å². The lowest BCUT2D eigenvalue weighted by atomic mass is 9.90. The van der Waals surface area contributed by atoms with Crippen molar-refractivity contribution in [2.45, 2.75) is 38.6 Å². The molecule has 0 saturated carbocycles. The second kappa shape index (κ2) is 8.61. The van der Waals surface area contributed by atoms with Gasteiger partial charge in [0.25, 0.3) is 5.91 Å². The van der Waals surface area contributed by atoms with Crippen LogP contribution < -0.4 is 0 Å². The van der Waals surface area contributed by atoms with Crippen molar-refractivity contribution in [3.05, 3.63) is 59.7 Å². The summed E-state index contributed by atoms with van der Waals surface area (Å²) in [6.45, 7) is 5.20. The third kappa shape index (κ3) is 4.72. The van der Waals surface area contributed by atoms with Crippen molar-refractivity contribution in [1.82, 2.24) is 19.8 Å². The molecule has 27 heavy (non-hydrogen) atoms. The first-order valence-electron chi connectivity index (χ1n) is 10.1. The fourth-order valence-corrected chi connectivity index (χ4v) is 4.22. The van der Waals surface area contributed by atoms with Gasteiger partial charge in [-0.05, 0) is 62.2 Å². The van der Waals surface area contributed by atoms with E-state index in [0.717, 1.165) is 38.9 Å². The van der Waals surface area contributed by atoms with Crippen molar-refractivity contribution in [2.24, 2.45) is 5.92 Å². The van der Waals surface area contributed by atoms with Gasteiger partial charge in [-0.15, -0.1) is 0 Å². The smallest absolute Gasteiger partial charge is 0.274 e. The first-order chi connectivity index (χ1) is 13.3. The number of carbonyl (C=O) groups is 1. The van der Waals surface area contributed by atoms with E-state index in [2.05, 4.69) is 39.1 Å². The van der Waals surface area contributed by atoms with E-state index in [4.69, 9.17) is 0 Å². The Kier molecular flexibility index (Phi) is 5.78. The first kappa shape index (κ1) is 18.1. The molecule has 2 saturated heterocycles. The van der Waals surface area contributed by atoms with Gasteiger partial charge in [-0.25, -0.2) is 4.98 Å². The Labute approximate surface area is 161 Å². The average molecular weight is 364 g/mol. The van der Waals surface area contributed by atoms with Gasteiger partial charge in [0, 0.05) is 32.0 Å². The quantitative estimate of drug-likeness (QED) is 0.818. The number of hydrogen-bond donors (Lipinski definition) is 0. The molecule has 1 amide bonds. The SMILES string of the molecule is O=C(c1cnccn1)N1CCC(Cc2ccc(CN3CCCC3)cc2)CC1. The van der Waals surface area contributed by atoms with Crippen molar-refractivity contribution in [3.8, 4) is 0 Å². The minimum atomic E-state index is 0.00724. The average Bonchev–Trinajstić information content (AvgIpc) is 3.23. The summed E-state index contributed by atoms with van der Waals surface area (Å²) in [4.78, 5) is 25.0. The molecule has 0 unspecified atom stereocenters. The lowest BCUT2D eigenvalue weighted by molar-refractivity contribution is 0.0684. The Bertz CT molecular complexity index is 733. The first-order valence-corrected chi connectivity index (χ1v) is 10.1. The normalized spacial score (nSPS) is 18.7. The molecule has 2 aromatic rings. The van der Waals surface area contributed by atoms with Gasteiger partial charge in [-0.3, -0.25) is 14.7 Å². The Morgan fingerprint density at radius 1 is 0.963 bits per heavy atom. The van der Waals surface area contributed by atoms with Gasteiger partial charge in [0.2, 0.25) is 0 Å². The molecule has 4 rings (SSSR count).